The number of para-hydroxylation sites is 4. The van der Waals surface area contributed by atoms with E-state index in [1.165, 1.54) is 54.1 Å². The summed E-state index contributed by atoms with van der Waals surface area (Å²) < 4.78 is 11.2. The quantitative estimate of drug-likeness (QED) is 0.177. The molecule has 0 radical (unpaired) electrons. The van der Waals surface area contributed by atoms with E-state index in [0.29, 0.717) is 0 Å². The monoisotopic (exact) mass is 852 g/mol. The summed E-state index contributed by atoms with van der Waals surface area (Å²) in [5.41, 5.74) is 13.9. The fourth-order valence-corrected chi connectivity index (χ4v) is 11.0. The predicted octanol–water partition coefficient (Wildman–Crippen LogP) is 16.5. The Labute approximate surface area is 383 Å². The molecule has 0 bridgehead atoms. The van der Waals surface area contributed by atoms with Crippen LogP contribution in [0.1, 0.15) is 0 Å². The highest BCUT2D eigenvalue weighted by Gasteiger charge is 2.22. The van der Waals surface area contributed by atoms with Gasteiger partial charge in [-0.25, -0.2) is 9.97 Å². The Bertz CT molecular complexity index is 4590. The van der Waals surface area contributed by atoms with Crippen LogP contribution >= 0.6 is 0 Å². The van der Waals surface area contributed by atoms with Gasteiger partial charge in [0.15, 0.2) is 0 Å². The first-order valence-electron chi connectivity index (χ1n) is 22.8. The lowest BCUT2D eigenvalue weighted by Crippen LogP contribution is -2.00. The number of hydrogen-bond acceptors (Lipinski definition) is 3. The van der Waals surface area contributed by atoms with Crippen LogP contribution in [-0.4, -0.2) is 19.1 Å². The Balaban J connectivity index is 1.04. The number of nitrogens with zero attached hydrogens (tertiary/aromatic N) is 4. The van der Waals surface area contributed by atoms with E-state index in [9.17, 15) is 0 Å². The second-order valence-electron chi connectivity index (χ2n) is 17.7. The first kappa shape index (κ1) is 36.3. The van der Waals surface area contributed by atoms with Crippen LogP contribution in [0.25, 0.3) is 143 Å². The molecule has 67 heavy (non-hydrogen) atoms. The highest BCUT2D eigenvalue weighted by molar-refractivity contribution is 6.20. The van der Waals surface area contributed by atoms with Crippen molar-refractivity contribution in [3.8, 4) is 33.9 Å². The standard InChI is InChI=1S/C62H36N4O/c1-2-15-39-34-56-50(32-38(39)14-1)47-29-27-43(65-54-23-11-7-19-46(54)49-28-25-37-13-3-6-18-45(37)62(49)65)36-57(47)66(56)55-35-42(31-40-16-4-5-17-44(40)55)61-60(63-52-21-9-10-22-53(52)64-61)41-26-30-59-51(33-41)48-20-8-12-24-58(48)67-59/h1-36H. The molecule has 11 aromatic carbocycles. The molecule has 0 N–H and O–H groups in total. The number of rotatable bonds is 4. The van der Waals surface area contributed by atoms with Crippen molar-refractivity contribution in [2.45, 2.75) is 0 Å². The number of fused-ring (bicyclic) bond motifs is 14. The second-order valence-corrected chi connectivity index (χ2v) is 17.7. The van der Waals surface area contributed by atoms with Crippen molar-refractivity contribution < 1.29 is 4.42 Å². The molecule has 0 fully saturated rings. The molecule has 5 heteroatoms. The third kappa shape index (κ3) is 5.31. The van der Waals surface area contributed by atoms with Crippen molar-refractivity contribution >= 4 is 109 Å². The predicted molar refractivity (Wildman–Crippen MR) is 279 cm³/mol. The van der Waals surface area contributed by atoms with Crippen LogP contribution in [0, 0.1) is 0 Å². The van der Waals surface area contributed by atoms with Crippen molar-refractivity contribution in [3.63, 3.8) is 0 Å². The van der Waals surface area contributed by atoms with Crippen molar-refractivity contribution in [1.82, 2.24) is 19.1 Å². The van der Waals surface area contributed by atoms with Gasteiger partial charge in [-0.05, 0) is 100 Å². The SMILES string of the molecule is c1ccc2cc3c(cc2c1)c1ccc(-n2c4ccccc4c4ccc5ccccc5c42)cc1n3-c1cc(-c2nc3ccccc3nc2-c2ccc3oc4ccccc4c3c2)cc2ccccc12. The van der Waals surface area contributed by atoms with E-state index in [4.69, 9.17) is 14.4 Å². The van der Waals surface area contributed by atoms with Crippen LogP contribution in [0.4, 0.5) is 0 Å². The number of benzene rings is 11. The normalized spacial score (nSPS) is 12.2. The van der Waals surface area contributed by atoms with Gasteiger partial charge < -0.3 is 13.6 Å². The molecule has 0 spiro atoms. The van der Waals surface area contributed by atoms with Crippen LogP contribution in [-0.2, 0) is 0 Å². The Morgan fingerprint density at radius 3 is 1.76 bits per heavy atom. The van der Waals surface area contributed by atoms with E-state index in [0.717, 1.165) is 88.7 Å². The molecule has 5 nitrogen and oxygen atoms in total. The van der Waals surface area contributed by atoms with Gasteiger partial charge in [-0.1, -0.05) is 140 Å². The number of hydrogen-bond donors (Lipinski definition) is 0. The summed E-state index contributed by atoms with van der Waals surface area (Å²) in [5, 5.41) is 14.1. The Kier molecular flexibility index (Phi) is 7.44. The van der Waals surface area contributed by atoms with Gasteiger partial charge in [-0.3, -0.25) is 0 Å². The summed E-state index contributed by atoms with van der Waals surface area (Å²) in [5.74, 6) is 0. The maximum atomic E-state index is 6.28. The van der Waals surface area contributed by atoms with E-state index in [1.54, 1.807) is 0 Å². The summed E-state index contributed by atoms with van der Waals surface area (Å²) in [6.45, 7) is 0. The molecule has 0 amide bonds. The lowest BCUT2D eigenvalue weighted by Gasteiger charge is -2.17. The Morgan fingerprint density at radius 1 is 0.313 bits per heavy atom. The summed E-state index contributed by atoms with van der Waals surface area (Å²) in [4.78, 5) is 10.9. The van der Waals surface area contributed by atoms with Crippen molar-refractivity contribution in [2.75, 3.05) is 0 Å². The molecule has 0 aliphatic heterocycles. The molecule has 0 unspecified atom stereocenters. The van der Waals surface area contributed by atoms with Gasteiger partial charge in [-0.15, -0.1) is 0 Å². The average Bonchev–Trinajstić information content (AvgIpc) is 4.04. The smallest absolute Gasteiger partial charge is 0.135 e. The largest absolute Gasteiger partial charge is 0.456 e. The molecule has 4 aromatic heterocycles. The van der Waals surface area contributed by atoms with Crippen LogP contribution in [0.15, 0.2) is 223 Å². The average molecular weight is 853 g/mol. The van der Waals surface area contributed by atoms with E-state index in [2.05, 4.69) is 197 Å². The zero-order valence-corrected chi connectivity index (χ0v) is 36.0. The topological polar surface area (TPSA) is 48.8 Å². The third-order valence-electron chi connectivity index (χ3n) is 14.0. The molecule has 0 atom stereocenters. The van der Waals surface area contributed by atoms with E-state index < -0.39 is 0 Å². The molecule has 15 aromatic rings. The minimum atomic E-state index is 0.821. The summed E-state index contributed by atoms with van der Waals surface area (Å²) >= 11 is 0. The van der Waals surface area contributed by atoms with Crippen molar-refractivity contribution in [1.29, 1.82) is 0 Å². The summed E-state index contributed by atoms with van der Waals surface area (Å²) in [6.07, 6.45) is 0. The molecule has 0 aliphatic rings. The lowest BCUT2D eigenvalue weighted by molar-refractivity contribution is 0.669. The van der Waals surface area contributed by atoms with Crippen LogP contribution in [0.5, 0.6) is 0 Å². The molecule has 4 heterocycles. The van der Waals surface area contributed by atoms with Gasteiger partial charge in [0.1, 0.15) is 11.2 Å². The maximum absolute atomic E-state index is 6.28. The zero-order valence-electron chi connectivity index (χ0n) is 36.0. The van der Waals surface area contributed by atoms with Crippen molar-refractivity contribution in [2.24, 2.45) is 0 Å². The van der Waals surface area contributed by atoms with Crippen LogP contribution in [0.2, 0.25) is 0 Å². The Hall–Kier alpha value is -9.06. The van der Waals surface area contributed by atoms with Crippen LogP contribution in [0.3, 0.4) is 0 Å². The van der Waals surface area contributed by atoms with Gasteiger partial charge in [-0.2, -0.15) is 0 Å². The van der Waals surface area contributed by atoms with Gasteiger partial charge in [0, 0.05) is 59.9 Å². The minimum Gasteiger partial charge on any atom is -0.456 e. The third-order valence-corrected chi connectivity index (χ3v) is 14.0. The van der Waals surface area contributed by atoms with E-state index >= 15 is 0 Å². The molecule has 310 valence electrons. The summed E-state index contributed by atoms with van der Waals surface area (Å²) in [6, 6.07) is 78.7. The minimum absolute atomic E-state index is 0.821. The lowest BCUT2D eigenvalue weighted by atomic mass is 9.98. The fraction of sp³-hybridized carbons (Fsp3) is 0. The maximum Gasteiger partial charge on any atom is 0.135 e. The molecular formula is C62H36N4O. The molecule has 0 saturated heterocycles. The van der Waals surface area contributed by atoms with Gasteiger partial charge in [0.05, 0.1) is 50.2 Å². The molecular weight excluding hydrogens is 817 g/mol. The highest BCUT2D eigenvalue weighted by atomic mass is 16.3. The second kappa shape index (κ2) is 13.7. The fourth-order valence-electron chi connectivity index (χ4n) is 11.0. The number of aromatic nitrogens is 4. The summed E-state index contributed by atoms with van der Waals surface area (Å²) in [7, 11) is 0. The van der Waals surface area contributed by atoms with E-state index in [1.807, 2.05) is 30.3 Å². The highest BCUT2D eigenvalue weighted by Crippen LogP contribution is 2.43. The van der Waals surface area contributed by atoms with Crippen LogP contribution < -0.4 is 0 Å². The first-order chi connectivity index (χ1) is 33.2. The van der Waals surface area contributed by atoms with Gasteiger partial charge >= 0.3 is 0 Å². The first-order valence-corrected chi connectivity index (χ1v) is 22.8. The zero-order chi connectivity index (χ0) is 43.7. The molecule has 0 saturated carbocycles. The number of furan rings is 1. The van der Waals surface area contributed by atoms with Gasteiger partial charge in [0.25, 0.3) is 0 Å². The Morgan fingerprint density at radius 2 is 0.925 bits per heavy atom. The van der Waals surface area contributed by atoms with Gasteiger partial charge in [0.2, 0.25) is 0 Å². The molecule has 0 aliphatic carbocycles. The van der Waals surface area contributed by atoms with Crippen molar-refractivity contribution in [3.05, 3.63) is 218 Å². The molecule has 15 rings (SSSR count). The van der Waals surface area contributed by atoms with E-state index in [-0.39, 0.29) is 0 Å².